The molecule has 2 heterocycles. The third-order valence-corrected chi connectivity index (χ3v) is 4.32. The van der Waals surface area contributed by atoms with Crippen LogP contribution in [0.4, 0.5) is 0 Å². The van der Waals surface area contributed by atoms with Crippen molar-refractivity contribution < 1.29 is 14.3 Å². The first-order valence-corrected chi connectivity index (χ1v) is 8.54. The van der Waals surface area contributed by atoms with Gasteiger partial charge in [0.15, 0.2) is 11.5 Å². The summed E-state index contributed by atoms with van der Waals surface area (Å²) in [4.78, 5) is 37.0. The summed E-state index contributed by atoms with van der Waals surface area (Å²) in [6.45, 7) is 1.12. The number of rotatable bonds is 4. The van der Waals surface area contributed by atoms with Gasteiger partial charge in [0, 0.05) is 6.54 Å². The van der Waals surface area contributed by atoms with Gasteiger partial charge in [-0.1, -0.05) is 18.2 Å². The summed E-state index contributed by atoms with van der Waals surface area (Å²) in [5.74, 6) is 0.607. The number of nitrogens with one attached hydrogen (secondary N) is 2. The summed E-state index contributed by atoms with van der Waals surface area (Å²) in [7, 11) is 0. The number of hydrogen-bond acceptors (Lipinski definition) is 5. The smallest absolute Gasteiger partial charge is 0.273 e. The van der Waals surface area contributed by atoms with E-state index in [-0.39, 0.29) is 30.1 Å². The van der Waals surface area contributed by atoms with E-state index in [2.05, 4.69) is 10.4 Å². The van der Waals surface area contributed by atoms with Crippen molar-refractivity contribution >= 4 is 16.7 Å². The highest BCUT2D eigenvalue weighted by Crippen LogP contribution is 2.33. The van der Waals surface area contributed by atoms with Crippen LogP contribution in [-0.4, -0.2) is 35.4 Å². The average molecular weight is 367 g/mol. The molecule has 4 rings (SSSR count). The summed E-state index contributed by atoms with van der Waals surface area (Å²) < 4.78 is 12.2. The Balaban J connectivity index is 1.50. The van der Waals surface area contributed by atoms with Crippen molar-refractivity contribution in [2.45, 2.75) is 6.54 Å². The van der Waals surface area contributed by atoms with Crippen LogP contribution in [-0.2, 0) is 6.54 Å². The number of amides is 1. The molecule has 27 heavy (non-hydrogen) atoms. The van der Waals surface area contributed by atoms with Crippen LogP contribution in [0.3, 0.4) is 0 Å². The van der Waals surface area contributed by atoms with Crippen molar-refractivity contribution in [3.8, 4) is 11.5 Å². The number of nitrogens with zero attached hydrogens (tertiary/aromatic N) is 1. The lowest BCUT2D eigenvalue weighted by molar-refractivity contribution is 0.0940. The SMILES string of the molecule is O=C(NCCn1[nH]c(=O)c2ccccc2c1=O)c1cccc2c1OCCO2. The van der Waals surface area contributed by atoms with Gasteiger partial charge < -0.3 is 14.8 Å². The van der Waals surface area contributed by atoms with Crippen molar-refractivity contribution in [3.05, 3.63) is 68.7 Å². The van der Waals surface area contributed by atoms with Crippen LogP contribution in [0, 0.1) is 0 Å². The molecule has 0 bridgehead atoms. The second-order valence-electron chi connectivity index (χ2n) is 6.03. The van der Waals surface area contributed by atoms with E-state index in [1.165, 1.54) is 4.68 Å². The molecule has 138 valence electrons. The van der Waals surface area contributed by atoms with Gasteiger partial charge >= 0.3 is 0 Å². The van der Waals surface area contributed by atoms with Gasteiger partial charge in [-0.2, -0.15) is 0 Å². The van der Waals surface area contributed by atoms with E-state index in [4.69, 9.17) is 9.47 Å². The second-order valence-corrected chi connectivity index (χ2v) is 6.03. The lowest BCUT2D eigenvalue weighted by atomic mass is 10.1. The standard InChI is InChI=1S/C19H17N3O5/c23-17(14-6-3-7-15-16(14)27-11-10-26-15)20-8-9-22-19(25)13-5-2-1-4-12(13)18(24)21-22/h1-7H,8-11H2,(H,20,23)(H,21,24). The number of fused-ring (bicyclic) bond motifs is 2. The normalized spacial score (nSPS) is 12.7. The minimum atomic E-state index is -0.348. The highest BCUT2D eigenvalue weighted by molar-refractivity contribution is 5.97. The van der Waals surface area contributed by atoms with Gasteiger partial charge in [0.2, 0.25) is 0 Å². The van der Waals surface area contributed by atoms with E-state index in [9.17, 15) is 14.4 Å². The summed E-state index contributed by atoms with van der Waals surface area (Å²) in [5, 5.41) is 5.96. The quantitative estimate of drug-likeness (QED) is 0.713. The predicted molar refractivity (Wildman–Crippen MR) is 98.6 cm³/mol. The number of aromatic amines is 1. The lowest BCUT2D eigenvalue weighted by Crippen LogP contribution is -2.35. The predicted octanol–water partition coefficient (Wildman–Crippen LogP) is 0.891. The maximum absolute atomic E-state index is 12.5. The number of carbonyl (C=O) groups excluding carboxylic acids is 1. The maximum Gasteiger partial charge on any atom is 0.273 e. The Hall–Kier alpha value is -3.55. The number of para-hydroxylation sites is 1. The Morgan fingerprint density at radius 3 is 2.67 bits per heavy atom. The van der Waals surface area contributed by atoms with Gasteiger partial charge in [-0.3, -0.25) is 19.5 Å². The Bertz CT molecular complexity index is 1130. The van der Waals surface area contributed by atoms with E-state index < -0.39 is 0 Å². The van der Waals surface area contributed by atoms with Crippen LogP contribution in [0.15, 0.2) is 52.1 Å². The first kappa shape index (κ1) is 16.9. The van der Waals surface area contributed by atoms with Crippen LogP contribution in [0.5, 0.6) is 11.5 Å². The fourth-order valence-corrected chi connectivity index (χ4v) is 3.03. The van der Waals surface area contributed by atoms with Gasteiger partial charge in [-0.05, 0) is 24.3 Å². The van der Waals surface area contributed by atoms with E-state index >= 15 is 0 Å². The summed E-state index contributed by atoms with van der Waals surface area (Å²) in [5.41, 5.74) is -0.293. The average Bonchev–Trinajstić information content (AvgIpc) is 2.71. The Labute approximate surface area is 153 Å². The van der Waals surface area contributed by atoms with E-state index in [0.717, 1.165) is 0 Å². The summed E-state index contributed by atoms with van der Waals surface area (Å²) >= 11 is 0. The number of ether oxygens (including phenoxy) is 2. The van der Waals surface area contributed by atoms with Crippen molar-refractivity contribution in [1.82, 2.24) is 15.1 Å². The first-order chi connectivity index (χ1) is 13.1. The van der Waals surface area contributed by atoms with Crippen LogP contribution in [0.25, 0.3) is 10.8 Å². The second kappa shape index (κ2) is 6.99. The molecule has 0 unspecified atom stereocenters. The molecule has 2 N–H and O–H groups in total. The lowest BCUT2D eigenvalue weighted by Gasteiger charge is -2.20. The van der Waals surface area contributed by atoms with Gasteiger partial charge in [-0.15, -0.1) is 0 Å². The van der Waals surface area contributed by atoms with E-state index in [1.807, 2.05) is 0 Å². The van der Waals surface area contributed by atoms with Crippen molar-refractivity contribution in [1.29, 1.82) is 0 Å². The van der Waals surface area contributed by atoms with Gasteiger partial charge in [0.05, 0.1) is 22.9 Å². The summed E-state index contributed by atoms with van der Waals surface area (Å²) in [6.07, 6.45) is 0. The van der Waals surface area contributed by atoms with Crippen molar-refractivity contribution in [2.75, 3.05) is 19.8 Å². The molecule has 8 nitrogen and oxygen atoms in total. The number of aromatic nitrogens is 2. The van der Waals surface area contributed by atoms with E-state index in [0.29, 0.717) is 41.0 Å². The maximum atomic E-state index is 12.5. The Morgan fingerprint density at radius 2 is 1.81 bits per heavy atom. The highest BCUT2D eigenvalue weighted by atomic mass is 16.6. The van der Waals surface area contributed by atoms with Crippen molar-refractivity contribution in [2.24, 2.45) is 0 Å². The molecule has 1 aliphatic heterocycles. The largest absolute Gasteiger partial charge is 0.486 e. The van der Waals surface area contributed by atoms with E-state index in [1.54, 1.807) is 42.5 Å². The van der Waals surface area contributed by atoms with Crippen molar-refractivity contribution in [3.63, 3.8) is 0 Å². The molecule has 3 aromatic rings. The van der Waals surface area contributed by atoms with Gasteiger partial charge in [-0.25, -0.2) is 4.68 Å². The number of hydrogen-bond donors (Lipinski definition) is 2. The molecule has 0 saturated heterocycles. The molecule has 1 aromatic heterocycles. The zero-order valence-corrected chi connectivity index (χ0v) is 14.4. The molecule has 0 atom stereocenters. The molecule has 8 heteroatoms. The number of H-pyrrole nitrogens is 1. The zero-order chi connectivity index (χ0) is 18.8. The zero-order valence-electron chi connectivity index (χ0n) is 14.4. The van der Waals surface area contributed by atoms with Gasteiger partial charge in [0.25, 0.3) is 17.0 Å². The topological polar surface area (TPSA) is 102 Å². The first-order valence-electron chi connectivity index (χ1n) is 8.54. The third-order valence-electron chi connectivity index (χ3n) is 4.32. The monoisotopic (exact) mass is 367 g/mol. The third kappa shape index (κ3) is 3.17. The number of carbonyl (C=O) groups is 1. The van der Waals surface area contributed by atoms with Crippen LogP contribution < -0.4 is 25.9 Å². The number of benzene rings is 2. The molecular formula is C19H17N3O5. The molecule has 1 aliphatic rings. The molecule has 1 amide bonds. The van der Waals surface area contributed by atoms with Crippen LogP contribution in [0.2, 0.25) is 0 Å². The fraction of sp³-hybridized carbons (Fsp3) is 0.211. The molecule has 0 spiro atoms. The molecule has 2 aromatic carbocycles. The highest BCUT2D eigenvalue weighted by Gasteiger charge is 2.20. The Kier molecular flexibility index (Phi) is 4.37. The minimum Gasteiger partial charge on any atom is -0.486 e. The molecular weight excluding hydrogens is 350 g/mol. The Morgan fingerprint density at radius 1 is 1.04 bits per heavy atom. The minimum absolute atomic E-state index is 0.136. The molecule has 0 radical (unpaired) electrons. The van der Waals surface area contributed by atoms with Gasteiger partial charge in [0.1, 0.15) is 13.2 Å². The summed E-state index contributed by atoms with van der Waals surface area (Å²) in [6, 6.07) is 11.7. The molecule has 0 aliphatic carbocycles. The van der Waals surface area contributed by atoms with Crippen LogP contribution >= 0.6 is 0 Å². The van der Waals surface area contributed by atoms with Crippen LogP contribution in [0.1, 0.15) is 10.4 Å². The molecule has 0 saturated carbocycles. The fourth-order valence-electron chi connectivity index (χ4n) is 3.03. The molecule has 0 fully saturated rings.